The van der Waals surface area contributed by atoms with E-state index in [0.717, 1.165) is 5.56 Å². The molecule has 132 valence electrons. The zero-order valence-electron chi connectivity index (χ0n) is 13.7. The van der Waals surface area contributed by atoms with Gasteiger partial charge in [-0.15, -0.1) is 0 Å². The van der Waals surface area contributed by atoms with Gasteiger partial charge in [0.05, 0.1) is 19.3 Å². The molecule has 25 heavy (non-hydrogen) atoms. The Bertz CT molecular complexity index is 815. The molecule has 0 saturated heterocycles. The molecule has 0 unspecified atom stereocenters. The molecule has 0 atom stereocenters. The number of aromatic nitrogens is 2. The van der Waals surface area contributed by atoms with E-state index < -0.39 is 18.5 Å². The molecule has 2 aromatic rings. The van der Waals surface area contributed by atoms with E-state index in [4.69, 9.17) is 27.9 Å². The number of benzene rings is 1. The van der Waals surface area contributed by atoms with Gasteiger partial charge in [0.25, 0.3) is 0 Å². The van der Waals surface area contributed by atoms with Crippen LogP contribution in [0.5, 0.6) is 0 Å². The predicted octanol–water partition coefficient (Wildman–Crippen LogP) is 3.28. The Hall–Kier alpha value is -2.31. The van der Waals surface area contributed by atoms with Crippen LogP contribution in [0, 0.1) is 6.92 Å². The van der Waals surface area contributed by atoms with E-state index in [1.807, 2.05) is 18.2 Å². The van der Waals surface area contributed by atoms with Gasteiger partial charge in [0, 0.05) is 16.7 Å². The summed E-state index contributed by atoms with van der Waals surface area (Å²) in [4.78, 5) is 22.5. The lowest BCUT2D eigenvalue weighted by atomic mass is 10.2. The van der Waals surface area contributed by atoms with Crippen molar-refractivity contribution >= 4 is 41.2 Å². The average molecular weight is 383 g/mol. The summed E-state index contributed by atoms with van der Waals surface area (Å²) in [5.41, 5.74) is 2.11. The molecule has 2 rings (SSSR count). The Morgan fingerprint density at radius 1 is 1.28 bits per heavy atom. The van der Waals surface area contributed by atoms with Gasteiger partial charge in [-0.3, -0.25) is 0 Å². The van der Waals surface area contributed by atoms with Gasteiger partial charge in [-0.1, -0.05) is 41.4 Å². The Labute approximate surface area is 154 Å². The van der Waals surface area contributed by atoms with Crippen LogP contribution in [0.3, 0.4) is 0 Å². The monoisotopic (exact) mass is 382 g/mol. The zero-order valence-corrected chi connectivity index (χ0v) is 15.2. The van der Waals surface area contributed by atoms with Crippen molar-refractivity contribution in [3.8, 4) is 0 Å². The SMILES string of the molecule is COC(=O)COC(=O)/C=C/c1c(C)nn(Cc2ccccc2Cl)c1Cl. The van der Waals surface area contributed by atoms with E-state index in [1.54, 1.807) is 17.7 Å². The number of hydrogen-bond acceptors (Lipinski definition) is 5. The number of carbonyl (C=O) groups excluding carboxylic acids is 2. The number of hydrogen-bond donors (Lipinski definition) is 0. The third kappa shape index (κ3) is 5.08. The van der Waals surface area contributed by atoms with Crippen LogP contribution < -0.4 is 0 Å². The number of nitrogens with zero attached hydrogens (tertiary/aromatic N) is 2. The second kappa shape index (κ2) is 8.69. The third-order valence-electron chi connectivity index (χ3n) is 3.33. The molecular formula is C17H16Cl2N2O4. The Balaban J connectivity index is 2.11. The summed E-state index contributed by atoms with van der Waals surface area (Å²) in [6, 6.07) is 7.40. The van der Waals surface area contributed by atoms with E-state index in [9.17, 15) is 9.59 Å². The Morgan fingerprint density at radius 2 is 2.00 bits per heavy atom. The van der Waals surface area contributed by atoms with E-state index in [0.29, 0.717) is 28.0 Å². The molecule has 0 fully saturated rings. The topological polar surface area (TPSA) is 70.4 Å². The van der Waals surface area contributed by atoms with Gasteiger partial charge in [-0.2, -0.15) is 5.10 Å². The summed E-state index contributed by atoms with van der Waals surface area (Å²) in [6.45, 7) is 1.73. The van der Waals surface area contributed by atoms with Crippen molar-refractivity contribution in [2.24, 2.45) is 0 Å². The normalized spacial score (nSPS) is 10.9. The second-order valence-electron chi connectivity index (χ2n) is 5.06. The van der Waals surface area contributed by atoms with Crippen molar-refractivity contribution in [3.05, 3.63) is 57.3 Å². The van der Waals surface area contributed by atoms with Crippen LogP contribution in [-0.4, -0.2) is 35.4 Å². The highest BCUT2D eigenvalue weighted by molar-refractivity contribution is 6.32. The lowest BCUT2D eigenvalue weighted by Crippen LogP contribution is -2.13. The lowest BCUT2D eigenvalue weighted by Gasteiger charge is -2.05. The van der Waals surface area contributed by atoms with Crippen molar-refractivity contribution < 1.29 is 19.1 Å². The maximum absolute atomic E-state index is 11.6. The minimum atomic E-state index is -0.681. The predicted molar refractivity (Wildman–Crippen MR) is 94.5 cm³/mol. The summed E-state index contributed by atoms with van der Waals surface area (Å²) in [5.74, 6) is -1.32. The van der Waals surface area contributed by atoms with E-state index in [1.165, 1.54) is 19.3 Å². The van der Waals surface area contributed by atoms with Crippen LogP contribution in [0.2, 0.25) is 10.2 Å². The number of methoxy groups -OCH3 is 1. The molecule has 8 heteroatoms. The molecule has 0 bridgehead atoms. The number of halogens is 2. The van der Waals surface area contributed by atoms with Crippen LogP contribution in [0.1, 0.15) is 16.8 Å². The lowest BCUT2D eigenvalue weighted by molar-refractivity contribution is -0.154. The summed E-state index contributed by atoms with van der Waals surface area (Å²) in [5, 5.41) is 5.35. The van der Waals surface area contributed by atoms with Gasteiger partial charge in [-0.05, 0) is 24.6 Å². The fourth-order valence-corrected chi connectivity index (χ4v) is 2.53. The molecule has 0 spiro atoms. The Morgan fingerprint density at radius 3 is 2.68 bits per heavy atom. The van der Waals surface area contributed by atoms with Gasteiger partial charge in [0.15, 0.2) is 6.61 Å². The molecule has 0 amide bonds. The molecule has 1 heterocycles. The number of esters is 2. The third-order valence-corrected chi connectivity index (χ3v) is 4.10. The van der Waals surface area contributed by atoms with Crippen molar-refractivity contribution in [3.63, 3.8) is 0 Å². The molecule has 6 nitrogen and oxygen atoms in total. The highest BCUT2D eigenvalue weighted by Crippen LogP contribution is 2.24. The molecule has 0 aliphatic heterocycles. The first-order valence-corrected chi connectivity index (χ1v) is 8.06. The van der Waals surface area contributed by atoms with Crippen LogP contribution in [0.25, 0.3) is 6.08 Å². The summed E-state index contributed by atoms with van der Waals surface area (Å²) >= 11 is 12.5. The molecule has 0 radical (unpaired) electrons. The van der Waals surface area contributed by atoms with Gasteiger partial charge < -0.3 is 9.47 Å². The molecule has 1 aromatic carbocycles. The quantitative estimate of drug-likeness (QED) is 0.566. The van der Waals surface area contributed by atoms with E-state index >= 15 is 0 Å². The van der Waals surface area contributed by atoms with Crippen molar-refractivity contribution in [1.82, 2.24) is 9.78 Å². The number of rotatable bonds is 6. The van der Waals surface area contributed by atoms with Crippen LogP contribution in [0.15, 0.2) is 30.3 Å². The first kappa shape index (κ1) is 19.0. The van der Waals surface area contributed by atoms with Crippen LogP contribution >= 0.6 is 23.2 Å². The zero-order chi connectivity index (χ0) is 18.4. The molecule has 0 saturated carbocycles. The molecule has 0 aliphatic rings. The number of ether oxygens (including phenoxy) is 2. The van der Waals surface area contributed by atoms with Crippen LogP contribution in [-0.2, 0) is 25.6 Å². The highest BCUT2D eigenvalue weighted by atomic mass is 35.5. The molecule has 1 aromatic heterocycles. The largest absolute Gasteiger partial charge is 0.466 e. The maximum atomic E-state index is 11.6. The molecule has 0 N–H and O–H groups in total. The summed E-state index contributed by atoms with van der Waals surface area (Å²) in [6.07, 6.45) is 2.67. The average Bonchev–Trinajstić information content (AvgIpc) is 2.86. The Kier molecular flexibility index (Phi) is 6.61. The van der Waals surface area contributed by atoms with Crippen molar-refractivity contribution in [2.45, 2.75) is 13.5 Å². The van der Waals surface area contributed by atoms with E-state index in [2.05, 4.69) is 9.84 Å². The molecule has 0 aliphatic carbocycles. The number of carbonyl (C=O) groups is 2. The highest BCUT2D eigenvalue weighted by Gasteiger charge is 2.13. The first-order chi connectivity index (χ1) is 11.9. The summed E-state index contributed by atoms with van der Waals surface area (Å²) in [7, 11) is 1.21. The second-order valence-corrected chi connectivity index (χ2v) is 5.82. The van der Waals surface area contributed by atoms with Gasteiger partial charge in [-0.25, -0.2) is 14.3 Å². The van der Waals surface area contributed by atoms with Gasteiger partial charge >= 0.3 is 11.9 Å². The van der Waals surface area contributed by atoms with Crippen molar-refractivity contribution in [1.29, 1.82) is 0 Å². The standard InChI is InChI=1S/C17H16Cl2N2O4/c1-11-13(7-8-15(22)25-10-16(23)24-2)17(19)21(20-11)9-12-5-3-4-6-14(12)18/h3-8H,9-10H2,1-2H3/b8-7+. The van der Waals surface area contributed by atoms with Crippen LogP contribution in [0.4, 0.5) is 0 Å². The summed E-state index contributed by atoms with van der Waals surface area (Å²) < 4.78 is 10.7. The molecular weight excluding hydrogens is 367 g/mol. The van der Waals surface area contributed by atoms with Gasteiger partial charge in [0.2, 0.25) is 0 Å². The minimum absolute atomic E-state index is 0.370. The number of aryl methyl sites for hydroxylation is 1. The van der Waals surface area contributed by atoms with Gasteiger partial charge in [0.1, 0.15) is 5.15 Å². The van der Waals surface area contributed by atoms with E-state index in [-0.39, 0.29) is 0 Å². The fraction of sp³-hybridized carbons (Fsp3) is 0.235. The first-order valence-electron chi connectivity index (χ1n) is 7.30. The minimum Gasteiger partial charge on any atom is -0.466 e. The smallest absolute Gasteiger partial charge is 0.344 e. The maximum Gasteiger partial charge on any atom is 0.344 e. The fourth-order valence-electron chi connectivity index (χ4n) is 2.04. The van der Waals surface area contributed by atoms with Crippen molar-refractivity contribution in [2.75, 3.05) is 13.7 Å².